The van der Waals surface area contributed by atoms with Crippen LogP contribution in [0.1, 0.15) is 5.56 Å². The first kappa shape index (κ1) is 13.1. The number of halogens is 2. The SMILES string of the molecule is NC(=S)c1cccnc1Nc1cc(Cl)ccc1Cl. The van der Waals surface area contributed by atoms with E-state index in [0.717, 1.165) is 0 Å². The van der Waals surface area contributed by atoms with Gasteiger partial charge in [0.1, 0.15) is 10.8 Å². The minimum Gasteiger partial charge on any atom is -0.389 e. The molecule has 3 nitrogen and oxygen atoms in total. The molecule has 2 rings (SSSR count). The van der Waals surface area contributed by atoms with Crippen molar-refractivity contribution >= 4 is 51.9 Å². The summed E-state index contributed by atoms with van der Waals surface area (Å²) >= 11 is 16.9. The Hall–Kier alpha value is -1.36. The molecule has 1 aromatic heterocycles. The summed E-state index contributed by atoms with van der Waals surface area (Å²) in [5.74, 6) is 0.550. The number of rotatable bonds is 3. The van der Waals surface area contributed by atoms with Gasteiger partial charge in [0.05, 0.1) is 16.3 Å². The van der Waals surface area contributed by atoms with Crippen LogP contribution in [0.4, 0.5) is 11.5 Å². The van der Waals surface area contributed by atoms with Crippen molar-refractivity contribution in [3.05, 3.63) is 52.1 Å². The Balaban J connectivity index is 2.40. The molecule has 1 aromatic carbocycles. The van der Waals surface area contributed by atoms with Crippen molar-refractivity contribution in [3.8, 4) is 0 Å². The molecule has 0 spiro atoms. The van der Waals surface area contributed by atoms with Gasteiger partial charge in [0.25, 0.3) is 0 Å². The van der Waals surface area contributed by atoms with Gasteiger partial charge in [-0.2, -0.15) is 0 Å². The van der Waals surface area contributed by atoms with Crippen molar-refractivity contribution in [2.24, 2.45) is 5.73 Å². The molecule has 0 unspecified atom stereocenters. The van der Waals surface area contributed by atoms with Crippen LogP contribution in [0, 0.1) is 0 Å². The smallest absolute Gasteiger partial charge is 0.140 e. The van der Waals surface area contributed by atoms with Crippen LogP contribution >= 0.6 is 35.4 Å². The van der Waals surface area contributed by atoms with Crippen LogP contribution in [0.5, 0.6) is 0 Å². The first-order chi connectivity index (χ1) is 8.58. The van der Waals surface area contributed by atoms with Gasteiger partial charge in [0.15, 0.2) is 0 Å². The third-order valence-electron chi connectivity index (χ3n) is 2.25. The van der Waals surface area contributed by atoms with Crippen molar-refractivity contribution in [2.75, 3.05) is 5.32 Å². The van der Waals surface area contributed by atoms with Gasteiger partial charge in [-0.1, -0.05) is 35.4 Å². The molecule has 1 heterocycles. The Morgan fingerprint density at radius 3 is 2.78 bits per heavy atom. The van der Waals surface area contributed by atoms with E-state index < -0.39 is 0 Å². The summed E-state index contributed by atoms with van der Waals surface area (Å²) in [6.45, 7) is 0. The van der Waals surface area contributed by atoms with Gasteiger partial charge in [-0.05, 0) is 30.3 Å². The fraction of sp³-hybridized carbons (Fsp3) is 0. The number of thiocarbonyl (C=S) groups is 1. The van der Waals surface area contributed by atoms with Crippen LogP contribution < -0.4 is 11.1 Å². The van der Waals surface area contributed by atoms with Crippen molar-refractivity contribution in [2.45, 2.75) is 0 Å². The molecule has 6 heteroatoms. The standard InChI is InChI=1S/C12H9Cl2N3S/c13-7-3-4-9(14)10(6-7)17-12-8(11(15)18)2-1-5-16-12/h1-6H,(H2,15,18)(H,16,17). The van der Waals surface area contributed by atoms with E-state index in [1.807, 2.05) is 0 Å². The van der Waals surface area contributed by atoms with Crippen molar-refractivity contribution in [3.63, 3.8) is 0 Å². The van der Waals surface area contributed by atoms with Gasteiger partial charge in [-0.15, -0.1) is 0 Å². The fourth-order valence-electron chi connectivity index (χ4n) is 1.42. The Morgan fingerprint density at radius 1 is 1.28 bits per heavy atom. The average Bonchev–Trinajstić information content (AvgIpc) is 2.34. The number of anilines is 2. The third kappa shape index (κ3) is 2.90. The number of pyridine rings is 1. The molecule has 0 aliphatic carbocycles. The molecule has 18 heavy (non-hydrogen) atoms. The monoisotopic (exact) mass is 297 g/mol. The zero-order chi connectivity index (χ0) is 13.1. The van der Waals surface area contributed by atoms with Crippen LogP contribution in [-0.4, -0.2) is 9.97 Å². The number of nitrogens with two attached hydrogens (primary N) is 1. The second kappa shape index (κ2) is 5.52. The van der Waals surface area contributed by atoms with Crippen LogP contribution in [0.3, 0.4) is 0 Å². The Bertz CT molecular complexity index is 602. The third-order valence-corrected chi connectivity index (χ3v) is 3.04. The highest BCUT2D eigenvalue weighted by atomic mass is 35.5. The minimum absolute atomic E-state index is 0.267. The summed E-state index contributed by atoms with van der Waals surface area (Å²) in [6.07, 6.45) is 1.64. The van der Waals surface area contributed by atoms with Gasteiger partial charge in [0.2, 0.25) is 0 Å². The number of hydrogen-bond acceptors (Lipinski definition) is 3. The lowest BCUT2D eigenvalue weighted by Gasteiger charge is -2.11. The average molecular weight is 298 g/mol. The Morgan fingerprint density at radius 2 is 2.06 bits per heavy atom. The van der Waals surface area contributed by atoms with Crippen molar-refractivity contribution in [1.82, 2.24) is 4.98 Å². The van der Waals surface area contributed by atoms with E-state index in [1.54, 1.807) is 36.5 Å². The number of nitrogens with zero attached hydrogens (tertiary/aromatic N) is 1. The highest BCUT2D eigenvalue weighted by Gasteiger charge is 2.08. The zero-order valence-corrected chi connectivity index (χ0v) is 11.5. The predicted octanol–water partition coefficient (Wildman–Crippen LogP) is 3.77. The topological polar surface area (TPSA) is 50.9 Å². The maximum atomic E-state index is 6.07. The van der Waals surface area contributed by atoms with E-state index >= 15 is 0 Å². The highest BCUT2D eigenvalue weighted by Crippen LogP contribution is 2.28. The number of nitrogens with one attached hydrogen (secondary N) is 1. The Labute approximate surface area is 120 Å². The Kier molecular flexibility index (Phi) is 4.01. The van der Waals surface area contributed by atoms with E-state index in [1.165, 1.54) is 0 Å². The lowest BCUT2D eigenvalue weighted by molar-refractivity contribution is 1.30. The summed E-state index contributed by atoms with van der Waals surface area (Å²) in [5.41, 5.74) is 6.94. The largest absolute Gasteiger partial charge is 0.389 e. The lowest BCUT2D eigenvalue weighted by atomic mass is 10.2. The number of aromatic nitrogens is 1. The summed E-state index contributed by atoms with van der Waals surface area (Å²) in [7, 11) is 0. The van der Waals surface area contributed by atoms with E-state index in [9.17, 15) is 0 Å². The minimum atomic E-state index is 0.267. The van der Waals surface area contributed by atoms with Gasteiger partial charge in [-0.3, -0.25) is 0 Å². The highest BCUT2D eigenvalue weighted by molar-refractivity contribution is 7.80. The van der Waals surface area contributed by atoms with Crippen LogP contribution in [0.25, 0.3) is 0 Å². The summed E-state index contributed by atoms with van der Waals surface area (Å²) < 4.78 is 0. The van der Waals surface area contributed by atoms with E-state index in [0.29, 0.717) is 27.1 Å². The molecule has 3 N–H and O–H groups in total. The van der Waals surface area contributed by atoms with E-state index in [4.69, 9.17) is 41.2 Å². The molecule has 0 atom stereocenters. The van der Waals surface area contributed by atoms with Crippen LogP contribution in [-0.2, 0) is 0 Å². The fourth-order valence-corrected chi connectivity index (χ4v) is 1.93. The molecule has 0 saturated carbocycles. The first-order valence-electron chi connectivity index (χ1n) is 5.05. The predicted molar refractivity (Wildman–Crippen MR) is 79.9 cm³/mol. The molecule has 0 radical (unpaired) electrons. The normalized spacial score (nSPS) is 10.1. The van der Waals surface area contributed by atoms with Gasteiger partial charge < -0.3 is 11.1 Å². The maximum absolute atomic E-state index is 6.07. The van der Waals surface area contributed by atoms with Gasteiger partial charge >= 0.3 is 0 Å². The van der Waals surface area contributed by atoms with Crippen molar-refractivity contribution < 1.29 is 0 Å². The quantitative estimate of drug-likeness (QED) is 0.847. The summed E-state index contributed by atoms with van der Waals surface area (Å²) in [4.78, 5) is 4.45. The van der Waals surface area contributed by atoms with Crippen LogP contribution in [0.15, 0.2) is 36.5 Å². The van der Waals surface area contributed by atoms with E-state index in [-0.39, 0.29) is 4.99 Å². The molecule has 0 aliphatic heterocycles. The molecule has 2 aromatic rings. The summed E-state index contributed by atoms with van der Waals surface area (Å²) in [5, 5.41) is 4.19. The molecule has 0 saturated heterocycles. The number of hydrogen-bond donors (Lipinski definition) is 2. The molecule has 0 amide bonds. The molecule has 0 fully saturated rings. The number of benzene rings is 1. The first-order valence-corrected chi connectivity index (χ1v) is 6.21. The molecule has 0 aliphatic rings. The second-order valence-electron chi connectivity index (χ2n) is 3.51. The lowest BCUT2D eigenvalue weighted by Crippen LogP contribution is -2.12. The molecule has 92 valence electrons. The second-order valence-corrected chi connectivity index (χ2v) is 4.80. The van der Waals surface area contributed by atoms with Gasteiger partial charge in [-0.25, -0.2) is 4.98 Å². The molecular formula is C12H9Cl2N3S. The van der Waals surface area contributed by atoms with Crippen molar-refractivity contribution in [1.29, 1.82) is 0 Å². The molecular weight excluding hydrogens is 289 g/mol. The molecule has 0 bridgehead atoms. The van der Waals surface area contributed by atoms with E-state index in [2.05, 4.69) is 10.3 Å². The summed E-state index contributed by atoms with van der Waals surface area (Å²) in [6, 6.07) is 8.68. The maximum Gasteiger partial charge on any atom is 0.140 e. The zero-order valence-electron chi connectivity index (χ0n) is 9.15. The van der Waals surface area contributed by atoms with Gasteiger partial charge in [0, 0.05) is 11.2 Å². The van der Waals surface area contributed by atoms with Crippen LogP contribution in [0.2, 0.25) is 10.0 Å².